The predicted octanol–water partition coefficient (Wildman–Crippen LogP) is 6.35. The molecule has 4 rings (SSSR count). The first-order valence-corrected chi connectivity index (χ1v) is 11.0. The monoisotopic (exact) mass is 520 g/mol. The molecule has 10 heteroatoms. The number of hydrogen-bond donors (Lipinski definition) is 1. The van der Waals surface area contributed by atoms with Crippen LogP contribution in [0.1, 0.15) is 49.3 Å². The standard InChI is InChI=1S/C25H17Cl2F3N2O3/c1-12-10-18(25(28,29)30)31-24-15(12)11-17(32(24)2)23(35)19-16(26)9-8-14(20(19)27)22(34)21(33)13-6-4-3-5-7-13/h3-11,22,34H,1-2H3. The van der Waals surface area contributed by atoms with Crippen LogP contribution in [0, 0.1) is 6.92 Å². The number of nitrogens with zero attached hydrogens (tertiary/aromatic N) is 2. The number of aromatic nitrogens is 2. The average molecular weight is 521 g/mol. The Hall–Kier alpha value is -3.20. The molecule has 1 unspecified atom stereocenters. The van der Waals surface area contributed by atoms with Crippen LogP contribution in [-0.4, -0.2) is 26.2 Å². The van der Waals surface area contributed by atoms with Gasteiger partial charge in [-0.1, -0.05) is 59.6 Å². The molecule has 1 N–H and O–H groups in total. The average Bonchev–Trinajstić information content (AvgIpc) is 3.15. The minimum absolute atomic E-state index is 0.0141. The zero-order chi connectivity index (χ0) is 25.7. The van der Waals surface area contributed by atoms with Gasteiger partial charge in [-0.2, -0.15) is 13.2 Å². The van der Waals surface area contributed by atoms with Crippen molar-refractivity contribution in [1.29, 1.82) is 0 Å². The number of carbonyl (C=O) groups excluding carboxylic acids is 2. The number of aliphatic hydroxyl groups excluding tert-OH is 1. The SMILES string of the molecule is Cc1cc(C(F)(F)F)nc2c1cc(C(=O)c1c(Cl)ccc(C(O)C(=O)c3ccccc3)c1Cl)n2C. The highest BCUT2D eigenvalue weighted by atomic mass is 35.5. The molecule has 0 radical (unpaired) electrons. The highest BCUT2D eigenvalue weighted by Crippen LogP contribution is 2.36. The van der Waals surface area contributed by atoms with Crippen molar-refractivity contribution < 1.29 is 27.9 Å². The van der Waals surface area contributed by atoms with Gasteiger partial charge in [-0.15, -0.1) is 0 Å². The molecule has 0 aliphatic rings. The third-order valence-corrected chi connectivity index (χ3v) is 6.40. The van der Waals surface area contributed by atoms with E-state index in [4.69, 9.17) is 23.2 Å². The molecule has 4 aromatic rings. The number of fused-ring (bicyclic) bond motifs is 1. The fourth-order valence-electron chi connectivity index (χ4n) is 3.83. The van der Waals surface area contributed by atoms with Crippen LogP contribution in [0.5, 0.6) is 0 Å². The van der Waals surface area contributed by atoms with E-state index in [-0.39, 0.29) is 43.6 Å². The Morgan fingerprint density at radius 1 is 1.06 bits per heavy atom. The first-order valence-electron chi connectivity index (χ1n) is 10.3. The van der Waals surface area contributed by atoms with E-state index in [0.29, 0.717) is 5.39 Å². The van der Waals surface area contributed by atoms with Gasteiger partial charge in [0.2, 0.25) is 5.78 Å². The lowest BCUT2D eigenvalue weighted by atomic mass is 9.96. The molecule has 5 nitrogen and oxygen atoms in total. The minimum atomic E-state index is -4.66. The highest BCUT2D eigenvalue weighted by Gasteiger charge is 2.34. The van der Waals surface area contributed by atoms with Gasteiger partial charge in [0.05, 0.1) is 21.3 Å². The predicted molar refractivity (Wildman–Crippen MR) is 126 cm³/mol. The molecular formula is C25H17Cl2F3N2O3. The number of carbonyl (C=O) groups is 2. The molecule has 2 heterocycles. The Balaban J connectivity index is 1.81. The van der Waals surface area contributed by atoms with Crippen LogP contribution in [0.4, 0.5) is 13.2 Å². The zero-order valence-corrected chi connectivity index (χ0v) is 19.8. The normalized spacial score (nSPS) is 12.7. The second kappa shape index (κ2) is 9.11. The van der Waals surface area contributed by atoms with E-state index in [1.165, 1.54) is 48.9 Å². The molecule has 1 atom stereocenters. The number of aryl methyl sites for hydroxylation is 2. The molecule has 180 valence electrons. The summed E-state index contributed by atoms with van der Waals surface area (Å²) in [4.78, 5) is 29.9. The molecule has 0 fully saturated rings. The Bertz CT molecular complexity index is 1480. The Kier molecular flexibility index (Phi) is 6.48. The summed E-state index contributed by atoms with van der Waals surface area (Å²) >= 11 is 12.7. The van der Waals surface area contributed by atoms with E-state index in [1.54, 1.807) is 18.2 Å². The number of hydrogen-bond acceptors (Lipinski definition) is 4. The van der Waals surface area contributed by atoms with Crippen molar-refractivity contribution in [1.82, 2.24) is 9.55 Å². The van der Waals surface area contributed by atoms with E-state index >= 15 is 0 Å². The number of pyridine rings is 1. The van der Waals surface area contributed by atoms with Gasteiger partial charge < -0.3 is 9.67 Å². The van der Waals surface area contributed by atoms with Crippen LogP contribution in [0.15, 0.2) is 54.6 Å². The van der Waals surface area contributed by atoms with Gasteiger partial charge in [0.1, 0.15) is 17.4 Å². The van der Waals surface area contributed by atoms with Crippen LogP contribution in [-0.2, 0) is 13.2 Å². The molecule has 0 aliphatic carbocycles. The van der Waals surface area contributed by atoms with Crippen molar-refractivity contribution in [2.45, 2.75) is 19.2 Å². The first kappa shape index (κ1) is 24.9. The molecule has 2 aromatic heterocycles. The van der Waals surface area contributed by atoms with Crippen molar-refractivity contribution in [2.75, 3.05) is 0 Å². The third kappa shape index (κ3) is 4.45. The van der Waals surface area contributed by atoms with Crippen LogP contribution < -0.4 is 0 Å². The van der Waals surface area contributed by atoms with E-state index < -0.39 is 29.5 Å². The quantitative estimate of drug-likeness (QED) is 0.311. The van der Waals surface area contributed by atoms with E-state index in [1.807, 2.05) is 0 Å². The van der Waals surface area contributed by atoms with Crippen LogP contribution in [0.25, 0.3) is 11.0 Å². The maximum atomic E-state index is 13.5. The van der Waals surface area contributed by atoms with Crippen molar-refractivity contribution >= 4 is 45.8 Å². The van der Waals surface area contributed by atoms with Crippen LogP contribution >= 0.6 is 23.2 Å². The van der Waals surface area contributed by atoms with Gasteiger partial charge in [-0.05, 0) is 30.7 Å². The smallest absolute Gasteiger partial charge is 0.380 e. The first-order chi connectivity index (χ1) is 16.4. The summed E-state index contributed by atoms with van der Waals surface area (Å²) in [5.41, 5.74) is -0.820. The number of ketones is 2. The second-order valence-corrected chi connectivity index (χ2v) is 8.72. The van der Waals surface area contributed by atoms with Crippen molar-refractivity contribution in [3.05, 3.63) is 98.3 Å². The fraction of sp³-hybridized carbons (Fsp3) is 0.160. The summed E-state index contributed by atoms with van der Waals surface area (Å²) in [5, 5.41) is 10.8. The molecule has 0 aliphatic heterocycles. The lowest BCUT2D eigenvalue weighted by Crippen LogP contribution is -2.15. The number of benzene rings is 2. The summed E-state index contributed by atoms with van der Waals surface area (Å²) in [6.45, 7) is 1.49. The summed E-state index contributed by atoms with van der Waals surface area (Å²) in [6.07, 6.45) is -6.32. The van der Waals surface area contributed by atoms with Crippen molar-refractivity contribution in [3.63, 3.8) is 0 Å². The molecule has 35 heavy (non-hydrogen) atoms. The number of halogens is 5. The topological polar surface area (TPSA) is 72.2 Å². The molecule has 0 amide bonds. The highest BCUT2D eigenvalue weighted by molar-refractivity contribution is 6.41. The Morgan fingerprint density at radius 2 is 1.71 bits per heavy atom. The van der Waals surface area contributed by atoms with Gasteiger partial charge in [0.25, 0.3) is 0 Å². The summed E-state index contributed by atoms with van der Waals surface area (Å²) in [5.74, 6) is -1.33. The van der Waals surface area contributed by atoms with Crippen LogP contribution in [0.3, 0.4) is 0 Å². The lowest BCUT2D eigenvalue weighted by Gasteiger charge is -2.15. The summed E-state index contributed by atoms with van der Waals surface area (Å²) < 4.78 is 41.0. The number of aliphatic hydroxyl groups is 1. The Labute approximate surface area is 207 Å². The largest absolute Gasteiger partial charge is 0.433 e. The molecule has 0 spiro atoms. The summed E-state index contributed by atoms with van der Waals surface area (Å²) in [6, 6.07) is 13.0. The van der Waals surface area contributed by atoms with E-state index in [0.717, 1.165) is 6.07 Å². The van der Waals surface area contributed by atoms with Gasteiger partial charge in [-0.25, -0.2) is 4.98 Å². The van der Waals surface area contributed by atoms with Crippen molar-refractivity contribution in [3.8, 4) is 0 Å². The summed E-state index contributed by atoms with van der Waals surface area (Å²) in [7, 11) is 1.40. The van der Waals surface area contributed by atoms with Crippen LogP contribution in [0.2, 0.25) is 10.0 Å². The maximum absolute atomic E-state index is 13.5. The van der Waals surface area contributed by atoms with Crippen molar-refractivity contribution in [2.24, 2.45) is 7.05 Å². The number of Topliss-reactive ketones (excluding diaryl/α,β-unsaturated/α-hetero) is 1. The zero-order valence-electron chi connectivity index (χ0n) is 18.3. The van der Waals surface area contributed by atoms with E-state index in [9.17, 15) is 27.9 Å². The van der Waals surface area contributed by atoms with Gasteiger partial charge in [0.15, 0.2) is 5.78 Å². The second-order valence-electron chi connectivity index (χ2n) is 7.94. The lowest BCUT2D eigenvalue weighted by molar-refractivity contribution is -0.141. The van der Waals surface area contributed by atoms with E-state index in [2.05, 4.69) is 4.98 Å². The van der Waals surface area contributed by atoms with Gasteiger partial charge in [-0.3, -0.25) is 9.59 Å². The maximum Gasteiger partial charge on any atom is 0.433 e. The minimum Gasteiger partial charge on any atom is -0.380 e. The number of rotatable bonds is 5. The molecular weight excluding hydrogens is 504 g/mol. The van der Waals surface area contributed by atoms with Gasteiger partial charge >= 0.3 is 6.18 Å². The molecule has 0 saturated carbocycles. The van der Waals surface area contributed by atoms with Gasteiger partial charge in [0, 0.05) is 23.6 Å². The third-order valence-electron chi connectivity index (χ3n) is 5.68. The Morgan fingerprint density at radius 3 is 2.34 bits per heavy atom. The molecule has 2 aromatic carbocycles. The fourth-order valence-corrected chi connectivity index (χ4v) is 4.47. The molecule has 0 saturated heterocycles. The molecule has 0 bridgehead atoms. The number of alkyl halides is 3.